The molecule has 0 aliphatic rings. The second kappa shape index (κ2) is 12.5. The zero-order chi connectivity index (χ0) is 28.9. The van der Waals surface area contributed by atoms with E-state index >= 15 is 0 Å². The van der Waals surface area contributed by atoms with Crippen LogP contribution in [0.5, 0.6) is 11.5 Å². The molecule has 3 aromatic carbocycles. The zero-order valence-electron chi connectivity index (χ0n) is 21.3. The minimum Gasteiger partial charge on any atom is -0.496 e. The molecule has 1 amide bonds. The van der Waals surface area contributed by atoms with E-state index in [4.69, 9.17) is 21.1 Å². The maximum Gasteiger partial charge on any atom is 0.273 e. The minimum absolute atomic E-state index is 0.0387. The number of nitrogens with zero attached hydrogens (tertiary/aromatic N) is 3. The number of benzene rings is 3. The van der Waals surface area contributed by atoms with E-state index in [-0.39, 0.29) is 27.7 Å². The summed E-state index contributed by atoms with van der Waals surface area (Å²) < 4.78 is 39.5. The van der Waals surface area contributed by atoms with Gasteiger partial charge in [0, 0.05) is 16.7 Å². The highest BCUT2D eigenvalue weighted by Crippen LogP contribution is 2.35. The lowest BCUT2D eigenvalue weighted by molar-refractivity contribution is -0.385. The van der Waals surface area contributed by atoms with Crippen molar-refractivity contribution in [3.63, 3.8) is 0 Å². The third kappa shape index (κ3) is 6.85. The highest BCUT2D eigenvalue weighted by Gasteiger charge is 2.31. The Morgan fingerprint density at radius 3 is 2.38 bits per heavy atom. The molecule has 3 rings (SSSR count). The van der Waals surface area contributed by atoms with Gasteiger partial charge in [-0.3, -0.25) is 19.2 Å². The summed E-state index contributed by atoms with van der Waals surface area (Å²) >= 11 is 9.53. The SMILES string of the molecule is COc1ccc(/C(C)=N\NC(=O)CN(c2cc(Cl)ccc2OC)S(=O)(=O)c2ccc(C)c([N+](=O)[O-])c2)cc1Br. The van der Waals surface area contributed by atoms with Crippen LogP contribution in [-0.2, 0) is 14.8 Å². The highest BCUT2D eigenvalue weighted by atomic mass is 79.9. The third-order valence-corrected chi connectivity index (χ3v) is 8.19. The molecule has 0 spiro atoms. The molecule has 14 heteroatoms. The van der Waals surface area contributed by atoms with E-state index in [9.17, 15) is 23.3 Å². The van der Waals surface area contributed by atoms with Gasteiger partial charge in [-0.1, -0.05) is 17.7 Å². The van der Waals surface area contributed by atoms with Crippen LogP contribution < -0.4 is 19.2 Å². The number of anilines is 1. The van der Waals surface area contributed by atoms with Crippen molar-refractivity contribution in [3.05, 3.63) is 85.3 Å². The van der Waals surface area contributed by atoms with Gasteiger partial charge >= 0.3 is 0 Å². The maximum atomic E-state index is 13.8. The van der Waals surface area contributed by atoms with E-state index in [1.807, 2.05) is 0 Å². The second-order valence-corrected chi connectivity index (χ2v) is 11.3. The number of aryl methyl sites for hydroxylation is 1. The Balaban J connectivity index is 2.00. The summed E-state index contributed by atoms with van der Waals surface area (Å²) in [6, 6.07) is 13.0. The number of carbonyl (C=O) groups is 1. The number of ether oxygens (including phenoxy) is 2. The van der Waals surface area contributed by atoms with Crippen molar-refractivity contribution in [2.45, 2.75) is 18.7 Å². The Kier molecular flexibility index (Phi) is 9.54. The van der Waals surface area contributed by atoms with Crippen LogP contribution in [-0.4, -0.2) is 45.7 Å². The van der Waals surface area contributed by atoms with Gasteiger partial charge in [0.25, 0.3) is 21.6 Å². The smallest absolute Gasteiger partial charge is 0.273 e. The van der Waals surface area contributed by atoms with Gasteiger partial charge in [-0.25, -0.2) is 13.8 Å². The fourth-order valence-electron chi connectivity index (χ4n) is 3.50. The first-order chi connectivity index (χ1) is 18.4. The van der Waals surface area contributed by atoms with Crippen LogP contribution in [0.4, 0.5) is 11.4 Å². The summed E-state index contributed by atoms with van der Waals surface area (Å²) in [6.07, 6.45) is 0. The predicted octanol–water partition coefficient (Wildman–Crippen LogP) is 5.07. The molecule has 1 N–H and O–H groups in total. The van der Waals surface area contributed by atoms with Crippen LogP contribution in [0.25, 0.3) is 0 Å². The number of hydrazone groups is 1. The molecule has 0 radical (unpaired) electrons. The van der Waals surface area contributed by atoms with E-state index in [0.717, 1.165) is 10.4 Å². The lowest BCUT2D eigenvalue weighted by atomic mass is 10.1. The standard InChI is InChI=1S/C25H24BrClN4O7S/c1-15-5-8-19(13-21(15)31(33)34)39(35,36)30(22-12-18(27)7-10-24(22)38-4)14-25(32)29-28-16(2)17-6-9-23(37-3)20(26)11-17/h5-13H,14H2,1-4H3,(H,29,32)/b28-16-. The van der Waals surface area contributed by atoms with Crippen LogP contribution in [0.15, 0.2) is 69.1 Å². The van der Waals surface area contributed by atoms with Crippen LogP contribution in [0.1, 0.15) is 18.1 Å². The van der Waals surface area contributed by atoms with Gasteiger partial charge < -0.3 is 9.47 Å². The van der Waals surface area contributed by atoms with Crippen molar-refractivity contribution in [3.8, 4) is 11.5 Å². The van der Waals surface area contributed by atoms with Gasteiger partial charge in [0.05, 0.1) is 39.9 Å². The molecule has 0 aliphatic heterocycles. The van der Waals surface area contributed by atoms with Gasteiger partial charge in [-0.05, 0) is 77.8 Å². The van der Waals surface area contributed by atoms with E-state index in [1.54, 1.807) is 25.1 Å². The van der Waals surface area contributed by atoms with Crippen molar-refractivity contribution in [2.24, 2.45) is 5.10 Å². The lowest BCUT2D eigenvalue weighted by Gasteiger charge is -2.25. The number of carbonyl (C=O) groups excluding carboxylic acids is 1. The molecule has 0 saturated heterocycles. The van der Waals surface area contributed by atoms with Gasteiger partial charge in [-0.15, -0.1) is 0 Å². The van der Waals surface area contributed by atoms with Gasteiger partial charge in [-0.2, -0.15) is 5.10 Å². The summed E-state index contributed by atoms with van der Waals surface area (Å²) in [5.74, 6) is -0.0578. The number of nitro groups is 1. The number of rotatable bonds is 10. The number of nitro benzene ring substituents is 1. The average molecular weight is 640 g/mol. The fourth-order valence-corrected chi connectivity index (χ4v) is 5.65. The molecular formula is C25H24BrClN4O7S. The molecular weight excluding hydrogens is 616 g/mol. The van der Waals surface area contributed by atoms with Crippen LogP contribution >= 0.6 is 27.5 Å². The molecule has 0 saturated carbocycles. The van der Waals surface area contributed by atoms with Crippen molar-refractivity contribution in [1.29, 1.82) is 0 Å². The predicted molar refractivity (Wildman–Crippen MR) is 151 cm³/mol. The quantitative estimate of drug-likeness (QED) is 0.185. The average Bonchev–Trinajstić information content (AvgIpc) is 2.90. The number of nitrogens with one attached hydrogen (secondary N) is 1. The molecule has 0 atom stereocenters. The van der Waals surface area contributed by atoms with E-state index in [0.29, 0.717) is 21.5 Å². The van der Waals surface area contributed by atoms with Gasteiger partial charge in [0.2, 0.25) is 0 Å². The zero-order valence-corrected chi connectivity index (χ0v) is 24.4. The number of hydrogen-bond acceptors (Lipinski definition) is 8. The Hall–Kier alpha value is -3.68. The van der Waals surface area contributed by atoms with Crippen LogP contribution in [0.3, 0.4) is 0 Å². The second-order valence-electron chi connectivity index (χ2n) is 8.11. The number of halogens is 2. The summed E-state index contributed by atoms with van der Waals surface area (Å²) in [4.78, 5) is 23.4. The summed E-state index contributed by atoms with van der Waals surface area (Å²) in [5.41, 5.74) is 3.33. The summed E-state index contributed by atoms with van der Waals surface area (Å²) in [6.45, 7) is 2.42. The topological polar surface area (TPSA) is 140 Å². The van der Waals surface area contributed by atoms with Crippen molar-refractivity contribution >= 4 is 60.5 Å². The minimum atomic E-state index is -4.51. The molecule has 0 aliphatic carbocycles. The van der Waals surface area contributed by atoms with Crippen LogP contribution in [0.2, 0.25) is 5.02 Å². The van der Waals surface area contributed by atoms with Gasteiger partial charge in [0.15, 0.2) is 0 Å². The molecule has 39 heavy (non-hydrogen) atoms. The third-order valence-electron chi connectivity index (χ3n) is 5.58. The van der Waals surface area contributed by atoms with E-state index in [1.165, 1.54) is 51.5 Å². The Labute approximate surface area is 238 Å². The van der Waals surface area contributed by atoms with Crippen LogP contribution in [0, 0.1) is 17.0 Å². The van der Waals surface area contributed by atoms with Crippen molar-refractivity contribution < 1.29 is 27.6 Å². The summed E-state index contributed by atoms with van der Waals surface area (Å²) in [7, 11) is -1.65. The molecule has 206 valence electrons. The molecule has 0 aromatic heterocycles. The summed E-state index contributed by atoms with van der Waals surface area (Å²) in [5, 5.41) is 15.7. The Morgan fingerprint density at radius 1 is 1.10 bits per heavy atom. The van der Waals surface area contributed by atoms with Gasteiger partial charge in [0.1, 0.15) is 18.0 Å². The lowest BCUT2D eigenvalue weighted by Crippen LogP contribution is -2.40. The maximum absolute atomic E-state index is 13.8. The Morgan fingerprint density at radius 2 is 1.77 bits per heavy atom. The van der Waals surface area contributed by atoms with Crippen molar-refractivity contribution in [1.82, 2.24) is 5.43 Å². The first kappa shape index (κ1) is 29.9. The number of methoxy groups -OCH3 is 2. The molecule has 0 heterocycles. The van der Waals surface area contributed by atoms with Crippen molar-refractivity contribution in [2.75, 3.05) is 25.1 Å². The normalized spacial score (nSPS) is 11.6. The Bertz CT molecular complexity index is 1560. The highest BCUT2D eigenvalue weighted by molar-refractivity contribution is 9.10. The number of sulfonamides is 1. The molecule has 3 aromatic rings. The molecule has 0 unspecified atom stereocenters. The fraction of sp³-hybridized carbons (Fsp3) is 0.200. The molecule has 0 bridgehead atoms. The number of amides is 1. The first-order valence-corrected chi connectivity index (χ1v) is 13.8. The van der Waals surface area contributed by atoms with E-state index < -0.39 is 32.3 Å². The first-order valence-electron chi connectivity index (χ1n) is 11.2. The number of hydrogen-bond donors (Lipinski definition) is 1. The molecule has 11 nitrogen and oxygen atoms in total. The van der Waals surface area contributed by atoms with E-state index in [2.05, 4.69) is 26.5 Å². The largest absolute Gasteiger partial charge is 0.496 e. The molecule has 0 fully saturated rings. The monoisotopic (exact) mass is 638 g/mol.